The summed E-state index contributed by atoms with van der Waals surface area (Å²) in [7, 11) is 0. The van der Waals surface area contributed by atoms with Crippen molar-refractivity contribution < 1.29 is 22.0 Å². The SMILES string of the molecule is C=C(Nc1c[nH]c2cc(F)c(F)cc12)c1ccc(CN2CC3(C2)CC(F)(F)C3)c(F)c1. The number of hydrogen-bond acceptors (Lipinski definition) is 2. The van der Waals surface area contributed by atoms with Crippen molar-refractivity contribution in [1.82, 2.24) is 9.88 Å². The standard InChI is InChI=1S/C23H20F5N3/c1-13(30-21-7-29-20-6-19(26)18(25)5-16(20)21)14-2-3-15(17(24)4-14)8-31-11-22(12-31)9-23(27,28)10-22/h2-7,29-30H,1,8-12H2. The Balaban J connectivity index is 1.25. The van der Waals surface area contributed by atoms with Crippen LogP contribution in [0.25, 0.3) is 16.6 Å². The van der Waals surface area contributed by atoms with Crippen LogP contribution in [0.5, 0.6) is 0 Å². The lowest BCUT2D eigenvalue weighted by Gasteiger charge is -2.58. The number of H-pyrrole nitrogens is 1. The molecule has 1 aliphatic carbocycles. The molecular weight excluding hydrogens is 413 g/mol. The van der Waals surface area contributed by atoms with Gasteiger partial charge in [0, 0.05) is 72.4 Å². The van der Waals surface area contributed by atoms with Gasteiger partial charge in [-0.25, -0.2) is 22.0 Å². The van der Waals surface area contributed by atoms with Gasteiger partial charge in [0.25, 0.3) is 0 Å². The van der Waals surface area contributed by atoms with Gasteiger partial charge in [-0.1, -0.05) is 18.7 Å². The van der Waals surface area contributed by atoms with Crippen LogP contribution in [-0.2, 0) is 6.54 Å². The maximum Gasteiger partial charge on any atom is 0.249 e. The fourth-order valence-electron chi connectivity index (χ4n) is 4.84. The molecule has 2 N–H and O–H groups in total. The van der Waals surface area contributed by atoms with E-state index in [9.17, 15) is 22.0 Å². The van der Waals surface area contributed by atoms with E-state index in [1.165, 1.54) is 6.07 Å². The van der Waals surface area contributed by atoms with Crippen molar-refractivity contribution in [1.29, 1.82) is 0 Å². The van der Waals surface area contributed by atoms with Crippen LogP contribution < -0.4 is 5.32 Å². The van der Waals surface area contributed by atoms with Crippen LogP contribution in [0.2, 0.25) is 0 Å². The molecule has 1 saturated heterocycles. The van der Waals surface area contributed by atoms with Gasteiger partial charge in [0.2, 0.25) is 5.92 Å². The van der Waals surface area contributed by atoms with Gasteiger partial charge in [0.05, 0.1) is 11.2 Å². The predicted molar refractivity (Wildman–Crippen MR) is 109 cm³/mol. The summed E-state index contributed by atoms with van der Waals surface area (Å²) in [4.78, 5) is 4.82. The summed E-state index contributed by atoms with van der Waals surface area (Å²) in [6.07, 6.45) is 1.41. The van der Waals surface area contributed by atoms with Crippen LogP contribution in [0, 0.1) is 22.9 Å². The summed E-state index contributed by atoms with van der Waals surface area (Å²) >= 11 is 0. The molecule has 2 heterocycles. The number of hydrogen-bond donors (Lipinski definition) is 2. The van der Waals surface area contributed by atoms with Crippen molar-refractivity contribution in [2.24, 2.45) is 5.41 Å². The first kappa shape index (κ1) is 20.1. The van der Waals surface area contributed by atoms with Gasteiger partial charge in [-0.3, -0.25) is 4.90 Å². The number of nitrogens with one attached hydrogen (secondary N) is 2. The Hall–Kier alpha value is -2.87. The number of aromatic amines is 1. The molecule has 31 heavy (non-hydrogen) atoms. The fourth-order valence-corrected chi connectivity index (χ4v) is 4.84. The zero-order chi connectivity index (χ0) is 22.0. The smallest absolute Gasteiger partial charge is 0.249 e. The summed E-state index contributed by atoms with van der Waals surface area (Å²) in [5, 5.41) is 3.46. The molecule has 5 rings (SSSR count). The van der Waals surface area contributed by atoms with Gasteiger partial charge < -0.3 is 10.3 Å². The van der Waals surface area contributed by atoms with E-state index in [0.29, 0.717) is 53.0 Å². The van der Waals surface area contributed by atoms with Crippen LogP contribution >= 0.6 is 0 Å². The molecule has 3 aromatic rings. The number of fused-ring (bicyclic) bond motifs is 1. The molecular formula is C23H20F5N3. The first-order valence-electron chi connectivity index (χ1n) is 9.94. The van der Waals surface area contributed by atoms with Crippen LogP contribution in [0.3, 0.4) is 0 Å². The summed E-state index contributed by atoms with van der Waals surface area (Å²) in [5.74, 6) is -4.87. The molecule has 1 aliphatic heterocycles. The lowest BCUT2D eigenvalue weighted by atomic mass is 9.61. The Morgan fingerprint density at radius 3 is 2.42 bits per heavy atom. The van der Waals surface area contributed by atoms with Gasteiger partial charge in [0.15, 0.2) is 11.6 Å². The molecule has 162 valence electrons. The molecule has 1 spiro atoms. The monoisotopic (exact) mass is 433 g/mol. The van der Waals surface area contributed by atoms with Crippen molar-refractivity contribution in [2.75, 3.05) is 18.4 Å². The molecule has 1 aromatic heterocycles. The minimum atomic E-state index is -2.54. The minimum Gasteiger partial charge on any atom is -0.359 e. The summed E-state index contributed by atoms with van der Waals surface area (Å²) in [6, 6.07) is 6.88. The highest BCUT2D eigenvalue weighted by atomic mass is 19.3. The fraction of sp³-hybridized carbons (Fsp3) is 0.304. The molecule has 0 amide bonds. The number of likely N-dealkylation sites (tertiary alicyclic amines) is 1. The molecule has 0 unspecified atom stereocenters. The number of nitrogens with zero attached hydrogens (tertiary/aromatic N) is 1. The second-order valence-electron chi connectivity index (χ2n) is 8.78. The van der Waals surface area contributed by atoms with Crippen LogP contribution in [0.15, 0.2) is 43.1 Å². The van der Waals surface area contributed by atoms with Crippen molar-refractivity contribution in [3.63, 3.8) is 0 Å². The highest BCUT2D eigenvalue weighted by Crippen LogP contribution is 2.56. The van der Waals surface area contributed by atoms with E-state index < -0.39 is 23.4 Å². The lowest BCUT2D eigenvalue weighted by molar-refractivity contribution is -0.215. The van der Waals surface area contributed by atoms with E-state index in [4.69, 9.17) is 0 Å². The van der Waals surface area contributed by atoms with Gasteiger partial charge >= 0.3 is 0 Å². The number of rotatable bonds is 5. The molecule has 8 heteroatoms. The van der Waals surface area contributed by atoms with E-state index in [1.807, 2.05) is 4.90 Å². The third kappa shape index (κ3) is 3.59. The third-order valence-corrected chi connectivity index (χ3v) is 6.19. The van der Waals surface area contributed by atoms with E-state index in [-0.39, 0.29) is 18.3 Å². The van der Waals surface area contributed by atoms with Gasteiger partial charge in [-0.15, -0.1) is 0 Å². The number of halogens is 5. The number of alkyl halides is 2. The van der Waals surface area contributed by atoms with Gasteiger partial charge in [0.1, 0.15) is 5.82 Å². The van der Waals surface area contributed by atoms with E-state index in [0.717, 1.165) is 12.1 Å². The zero-order valence-corrected chi connectivity index (χ0v) is 16.5. The third-order valence-electron chi connectivity index (χ3n) is 6.19. The summed E-state index contributed by atoms with van der Waals surface area (Å²) < 4.78 is 67.9. The molecule has 0 atom stereocenters. The molecule has 3 nitrogen and oxygen atoms in total. The molecule has 0 radical (unpaired) electrons. The summed E-state index contributed by atoms with van der Waals surface area (Å²) in [6.45, 7) is 5.41. The van der Waals surface area contributed by atoms with Gasteiger partial charge in [-0.05, 0) is 12.1 Å². The first-order chi connectivity index (χ1) is 14.6. The quantitative estimate of drug-likeness (QED) is 0.491. The van der Waals surface area contributed by atoms with Crippen molar-refractivity contribution in [3.05, 3.63) is 71.7 Å². The number of anilines is 1. The second-order valence-corrected chi connectivity index (χ2v) is 8.78. The molecule has 0 bridgehead atoms. The molecule has 1 saturated carbocycles. The van der Waals surface area contributed by atoms with Crippen molar-refractivity contribution >= 4 is 22.3 Å². The van der Waals surface area contributed by atoms with E-state index >= 15 is 0 Å². The number of benzene rings is 2. The largest absolute Gasteiger partial charge is 0.359 e. The lowest BCUT2D eigenvalue weighted by Crippen LogP contribution is -2.65. The van der Waals surface area contributed by atoms with E-state index in [2.05, 4.69) is 16.9 Å². The normalized spacial score (nSPS) is 19.3. The van der Waals surface area contributed by atoms with Gasteiger partial charge in [-0.2, -0.15) is 0 Å². The van der Waals surface area contributed by atoms with Crippen LogP contribution in [0.1, 0.15) is 24.0 Å². The molecule has 2 fully saturated rings. The Labute approximate surface area is 175 Å². The Morgan fingerprint density at radius 1 is 1.03 bits per heavy atom. The molecule has 2 aliphatic rings. The highest BCUT2D eigenvalue weighted by Gasteiger charge is 2.61. The second kappa shape index (κ2) is 6.82. The first-order valence-corrected chi connectivity index (χ1v) is 9.94. The topological polar surface area (TPSA) is 31.1 Å². The Kier molecular flexibility index (Phi) is 4.41. The summed E-state index contributed by atoms with van der Waals surface area (Å²) in [5.41, 5.74) is 2.02. The highest BCUT2D eigenvalue weighted by molar-refractivity contribution is 5.96. The van der Waals surface area contributed by atoms with Crippen molar-refractivity contribution in [2.45, 2.75) is 25.3 Å². The maximum atomic E-state index is 14.7. The van der Waals surface area contributed by atoms with Crippen LogP contribution in [-0.4, -0.2) is 28.9 Å². The average molecular weight is 433 g/mol. The Morgan fingerprint density at radius 2 is 1.74 bits per heavy atom. The predicted octanol–water partition coefficient (Wildman–Crippen LogP) is 5.90. The number of aromatic nitrogens is 1. The minimum absolute atomic E-state index is 0.0756. The zero-order valence-electron chi connectivity index (χ0n) is 16.5. The van der Waals surface area contributed by atoms with Crippen molar-refractivity contribution in [3.8, 4) is 0 Å². The van der Waals surface area contributed by atoms with E-state index in [1.54, 1.807) is 18.3 Å². The average Bonchev–Trinajstić information content (AvgIpc) is 3.02. The van der Waals surface area contributed by atoms with Crippen LogP contribution in [0.4, 0.5) is 27.6 Å². The maximum absolute atomic E-state index is 14.7. The Bertz CT molecular complexity index is 1180. The molecule has 2 aromatic carbocycles.